The maximum Gasteiger partial charge on any atom is 0.256 e. The van der Waals surface area contributed by atoms with Crippen molar-refractivity contribution in [2.45, 2.75) is 33.5 Å². The summed E-state index contributed by atoms with van der Waals surface area (Å²) in [7, 11) is 0. The number of nitrogens with one attached hydrogen (secondary N) is 2. The number of hydrogen-bond acceptors (Lipinski definition) is 3. The molecule has 1 aromatic heterocycles. The summed E-state index contributed by atoms with van der Waals surface area (Å²) in [5, 5.41) is 9.49. The zero-order chi connectivity index (χ0) is 14.5. The lowest BCUT2D eigenvalue weighted by Gasteiger charge is -2.08. The molecule has 0 bridgehead atoms. The van der Waals surface area contributed by atoms with E-state index < -0.39 is 0 Å². The molecular weight excluding hydrogens is 254 g/mol. The fourth-order valence-electron chi connectivity index (χ4n) is 1.69. The number of ether oxygens (including phenoxy) is 1. The number of aromatic nitrogens is 2. The summed E-state index contributed by atoms with van der Waals surface area (Å²) in [5.74, 6) is 0.354. The summed E-state index contributed by atoms with van der Waals surface area (Å²) in [4.78, 5) is 12.0. The fraction of sp³-hybridized carbons (Fsp3) is 0.333. The highest BCUT2D eigenvalue weighted by Gasteiger charge is 2.08. The molecule has 5 heteroatoms. The van der Waals surface area contributed by atoms with Gasteiger partial charge in [0.15, 0.2) is 5.82 Å². The summed E-state index contributed by atoms with van der Waals surface area (Å²) in [6.07, 6.45) is 0.195. The first-order chi connectivity index (χ1) is 9.54. The highest BCUT2D eigenvalue weighted by Crippen LogP contribution is 2.10. The normalized spacial score (nSPS) is 10.8. The van der Waals surface area contributed by atoms with Crippen LogP contribution in [0.25, 0.3) is 0 Å². The van der Waals surface area contributed by atoms with Crippen LogP contribution in [0.5, 0.6) is 0 Å². The Morgan fingerprint density at radius 1 is 1.35 bits per heavy atom. The van der Waals surface area contributed by atoms with Crippen LogP contribution in [0.3, 0.4) is 0 Å². The number of hydrogen-bond donors (Lipinski definition) is 2. The smallest absolute Gasteiger partial charge is 0.256 e. The average Bonchev–Trinajstić information content (AvgIpc) is 2.82. The maximum atomic E-state index is 12.0. The summed E-state index contributed by atoms with van der Waals surface area (Å²) in [5.41, 5.74) is 2.55. The highest BCUT2D eigenvalue weighted by atomic mass is 16.5. The Morgan fingerprint density at radius 2 is 2.05 bits per heavy atom. The van der Waals surface area contributed by atoms with Gasteiger partial charge in [-0.3, -0.25) is 9.89 Å². The predicted molar refractivity (Wildman–Crippen MR) is 77.6 cm³/mol. The molecule has 0 saturated heterocycles. The first-order valence-electron chi connectivity index (χ1n) is 6.58. The zero-order valence-electron chi connectivity index (χ0n) is 11.9. The number of rotatable bonds is 5. The molecule has 0 atom stereocenters. The predicted octanol–water partition coefficient (Wildman–Crippen LogP) is 2.90. The number of nitrogens with zero attached hydrogens (tertiary/aromatic N) is 1. The molecule has 0 spiro atoms. The lowest BCUT2D eigenvalue weighted by molar-refractivity contribution is 0.0657. The van der Waals surface area contributed by atoms with Crippen LogP contribution < -0.4 is 5.32 Å². The SMILES string of the molecule is Cc1cc(NC(=O)c2ccc(COC(C)C)cc2)n[nH]1. The lowest BCUT2D eigenvalue weighted by Crippen LogP contribution is -2.12. The van der Waals surface area contributed by atoms with Gasteiger partial charge >= 0.3 is 0 Å². The second kappa shape index (κ2) is 6.34. The highest BCUT2D eigenvalue weighted by molar-refractivity contribution is 6.03. The number of benzene rings is 1. The Hall–Kier alpha value is -2.14. The summed E-state index contributed by atoms with van der Waals surface area (Å²) in [6, 6.07) is 9.14. The van der Waals surface area contributed by atoms with Crippen LogP contribution in [0.1, 0.15) is 35.5 Å². The minimum atomic E-state index is -0.173. The van der Waals surface area contributed by atoms with Crippen LogP contribution in [0.15, 0.2) is 30.3 Å². The van der Waals surface area contributed by atoms with Gasteiger partial charge in [0.1, 0.15) is 0 Å². The Kier molecular flexibility index (Phi) is 4.53. The number of H-pyrrole nitrogens is 1. The molecule has 1 aromatic carbocycles. The summed E-state index contributed by atoms with van der Waals surface area (Å²) >= 11 is 0. The van der Waals surface area contributed by atoms with E-state index in [4.69, 9.17) is 4.74 Å². The van der Waals surface area contributed by atoms with E-state index in [-0.39, 0.29) is 12.0 Å². The van der Waals surface area contributed by atoms with E-state index in [0.717, 1.165) is 11.3 Å². The third-order valence-corrected chi connectivity index (χ3v) is 2.75. The van der Waals surface area contributed by atoms with Crippen LogP contribution >= 0.6 is 0 Å². The van der Waals surface area contributed by atoms with E-state index in [0.29, 0.717) is 18.0 Å². The number of aryl methyl sites for hydroxylation is 1. The number of carbonyl (C=O) groups is 1. The minimum Gasteiger partial charge on any atom is -0.374 e. The van der Waals surface area contributed by atoms with Crippen molar-refractivity contribution in [3.05, 3.63) is 47.2 Å². The van der Waals surface area contributed by atoms with E-state index in [9.17, 15) is 4.79 Å². The van der Waals surface area contributed by atoms with Crippen molar-refractivity contribution >= 4 is 11.7 Å². The molecule has 0 aliphatic heterocycles. The standard InChI is InChI=1S/C15H19N3O2/c1-10(2)20-9-12-4-6-13(7-5-12)15(19)16-14-8-11(3)17-18-14/h4-8,10H,9H2,1-3H3,(H2,16,17,18,19). The van der Waals surface area contributed by atoms with Crippen LogP contribution in [-0.4, -0.2) is 22.2 Å². The number of anilines is 1. The summed E-state index contributed by atoms with van der Waals surface area (Å²) < 4.78 is 5.51. The second-order valence-corrected chi connectivity index (χ2v) is 4.95. The molecule has 2 rings (SSSR count). The molecule has 0 unspecified atom stereocenters. The van der Waals surface area contributed by atoms with E-state index in [2.05, 4.69) is 15.5 Å². The Balaban J connectivity index is 1.96. The van der Waals surface area contributed by atoms with Gasteiger partial charge < -0.3 is 10.1 Å². The van der Waals surface area contributed by atoms with E-state index >= 15 is 0 Å². The second-order valence-electron chi connectivity index (χ2n) is 4.95. The van der Waals surface area contributed by atoms with Gasteiger partial charge in [-0.05, 0) is 38.5 Å². The molecule has 2 aromatic rings. The molecule has 1 heterocycles. The monoisotopic (exact) mass is 273 g/mol. The number of aromatic amines is 1. The molecule has 2 N–H and O–H groups in total. The van der Waals surface area contributed by atoms with Gasteiger partial charge in [-0.1, -0.05) is 12.1 Å². The first-order valence-corrected chi connectivity index (χ1v) is 6.58. The van der Waals surface area contributed by atoms with Crippen molar-refractivity contribution in [3.8, 4) is 0 Å². The first kappa shape index (κ1) is 14.3. The van der Waals surface area contributed by atoms with Gasteiger partial charge in [0.2, 0.25) is 0 Å². The molecule has 0 radical (unpaired) electrons. The van der Waals surface area contributed by atoms with Gasteiger partial charge in [0, 0.05) is 17.3 Å². The fourth-order valence-corrected chi connectivity index (χ4v) is 1.69. The zero-order valence-corrected chi connectivity index (χ0v) is 11.9. The quantitative estimate of drug-likeness (QED) is 0.880. The van der Waals surface area contributed by atoms with Gasteiger partial charge in [0.25, 0.3) is 5.91 Å². The summed E-state index contributed by atoms with van der Waals surface area (Å²) in [6.45, 7) is 6.42. The Morgan fingerprint density at radius 3 is 2.60 bits per heavy atom. The van der Waals surface area contributed by atoms with Crippen LogP contribution in [-0.2, 0) is 11.3 Å². The van der Waals surface area contributed by atoms with Crippen molar-refractivity contribution in [1.82, 2.24) is 10.2 Å². The number of amides is 1. The van der Waals surface area contributed by atoms with Gasteiger partial charge in [-0.2, -0.15) is 5.10 Å². The molecule has 0 saturated carbocycles. The van der Waals surface area contributed by atoms with Crippen molar-refractivity contribution in [2.24, 2.45) is 0 Å². The van der Waals surface area contributed by atoms with Crippen molar-refractivity contribution in [3.63, 3.8) is 0 Å². The van der Waals surface area contributed by atoms with E-state index in [1.165, 1.54) is 0 Å². The molecular formula is C15H19N3O2. The van der Waals surface area contributed by atoms with Crippen molar-refractivity contribution in [1.29, 1.82) is 0 Å². The molecule has 0 fully saturated rings. The van der Waals surface area contributed by atoms with Crippen LogP contribution in [0.4, 0.5) is 5.82 Å². The Labute approximate surface area is 118 Å². The van der Waals surface area contributed by atoms with E-state index in [1.54, 1.807) is 18.2 Å². The van der Waals surface area contributed by atoms with E-state index in [1.807, 2.05) is 32.9 Å². The molecule has 0 aliphatic rings. The van der Waals surface area contributed by atoms with Gasteiger partial charge in [-0.25, -0.2) is 0 Å². The molecule has 0 aliphatic carbocycles. The topological polar surface area (TPSA) is 67.0 Å². The lowest BCUT2D eigenvalue weighted by atomic mass is 10.1. The largest absolute Gasteiger partial charge is 0.374 e. The Bertz CT molecular complexity index is 573. The third kappa shape index (κ3) is 3.93. The molecule has 20 heavy (non-hydrogen) atoms. The van der Waals surface area contributed by atoms with Gasteiger partial charge in [-0.15, -0.1) is 0 Å². The van der Waals surface area contributed by atoms with Crippen LogP contribution in [0.2, 0.25) is 0 Å². The number of carbonyl (C=O) groups excluding carboxylic acids is 1. The molecule has 106 valence electrons. The minimum absolute atomic E-state index is 0.173. The van der Waals surface area contributed by atoms with Crippen LogP contribution in [0, 0.1) is 6.92 Å². The van der Waals surface area contributed by atoms with Crippen molar-refractivity contribution in [2.75, 3.05) is 5.32 Å². The third-order valence-electron chi connectivity index (χ3n) is 2.75. The maximum absolute atomic E-state index is 12.0. The molecule has 1 amide bonds. The van der Waals surface area contributed by atoms with Crippen molar-refractivity contribution < 1.29 is 9.53 Å². The molecule has 5 nitrogen and oxygen atoms in total. The average molecular weight is 273 g/mol. The van der Waals surface area contributed by atoms with Gasteiger partial charge in [0.05, 0.1) is 12.7 Å².